The van der Waals surface area contributed by atoms with Crippen molar-refractivity contribution in [3.63, 3.8) is 0 Å². The lowest BCUT2D eigenvalue weighted by atomic mass is 10.1. The van der Waals surface area contributed by atoms with E-state index in [4.69, 9.17) is 9.15 Å². The van der Waals surface area contributed by atoms with Gasteiger partial charge in [0.1, 0.15) is 11.3 Å². The molecule has 0 saturated carbocycles. The Kier molecular flexibility index (Phi) is 3.26. The summed E-state index contributed by atoms with van der Waals surface area (Å²) >= 11 is 0. The average molecular weight is 308 g/mol. The van der Waals surface area contributed by atoms with Crippen LogP contribution >= 0.6 is 0 Å². The summed E-state index contributed by atoms with van der Waals surface area (Å²) in [5.74, 6) is 1.41. The zero-order chi connectivity index (χ0) is 15.8. The molecule has 0 bridgehead atoms. The molecule has 4 rings (SSSR count). The van der Waals surface area contributed by atoms with Gasteiger partial charge in [-0.05, 0) is 24.3 Å². The van der Waals surface area contributed by atoms with E-state index in [1.165, 1.54) is 0 Å². The third-order valence-corrected chi connectivity index (χ3v) is 4.15. The minimum absolute atomic E-state index is 0.0268. The van der Waals surface area contributed by atoms with Crippen molar-refractivity contribution in [2.45, 2.75) is 12.3 Å². The fourth-order valence-electron chi connectivity index (χ4n) is 2.97. The Hall–Kier alpha value is -2.82. The molecule has 5 heteroatoms. The molecule has 2 heterocycles. The number of nitrogens with zero attached hydrogens (tertiary/aromatic N) is 2. The van der Waals surface area contributed by atoms with Crippen molar-refractivity contribution in [2.75, 3.05) is 18.6 Å². The van der Waals surface area contributed by atoms with E-state index >= 15 is 0 Å². The molecule has 1 aromatic heterocycles. The first-order valence-electron chi connectivity index (χ1n) is 7.54. The van der Waals surface area contributed by atoms with Crippen LogP contribution in [0.4, 0.5) is 5.69 Å². The quantitative estimate of drug-likeness (QED) is 0.744. The van der Waals surface area contributed by atoms with Crippen molar-refractivity contribution in [1.82, 2.24) is 4.98 Å². The van der Waals surface area contributed by atoms with Gasteiger partial charge in [0, 0.05) is 24.7 Å². The maximum atomic E-state index is 12.4. The van der Waals surface area contributed by atoms with Crippen LogP contribution in [0.3, 0.4) is 0 Å². The highest BCUT2D eigenvalue weighted by Gasteiger charge is 2.34. The second-order valence-electron chi connectivity index (χ2n) is 5.63. The highest BCUT2D eigenvalue weighted by atomic mass is 16.5. The first-order chi connectivity index (χ1) is 11.2. The molecule has 23 heavy (non-hydrogen) atoms. The molecule has 1 amide bonds. The predicted molar refractivity (Wildman–Crippen MR) is 86.7 cm³/mol. The number of oxazole rings is 1. The number of carbonyl (C=O) groups is 1. The number of rotatable bonds is 3. The summed E-state index contributed by atoms with van der Waals surface area (Å²) in [5.41, 5.74) is 2.43. The summed E-state index contributed by atoms with van der Waals surface area (Å²) in [4.78, 5) is 18.7. The summed E-state index contributed by atoms with van der Waals surface area (Å²) in [6.45, 7) is 0.568. The number of anilines is 1. The van der Waals surface area contributed by atoms with Crippen LogP contribution in [0.25, 0.3) is 11.1 Å². The van der Waals surface area contributed by atoms with Crippen LogP contribution in [0.2, 0.25) is 0 Å². The first-order valence-corrected chi connectivity index (χ1v) is 7.54. The molecule has 0 N–H and O–H groups in total. The van der Waals surface area contributed by atoms with Crippen LogP contribution in [-0.2, 0) is 4.79 Å². The number of hydrogen-bond donors (Lipinski definition) is 0. The number of ether oxygens (including phenoxy) is 1. The summed E-state index contributed by atoms with van der Waals surface area (Å²) in [7, 11) is 1.62. The largest absolute Gasteiger partial charge is 0.497 e. The Morgan fingerprint density at radius 2 is 2.09 bits per heavy atom. The van der Waals surface area contributed by atoms with Crippen LogP contribution in [0, 0.1) is 0 Å². The molecule has 1 saturated heterocycles. The smallest absolute Gasteiger partial charge is 0.227 e. The summed E-state index contributed by atoms with van der Waals surface area (Å²) in [6.07, 6.45) is 0.407. The molecule has 0 spiro atoms. The van der Waals surface area contributed by atoms with Crippen molar-refractivity contribution in [1.29, 1.82) is 0 Å². The van der Waals surface area contributed by atoms with Gasteiger partial charge in [0.15, 0.2) is 5.58 Å². The second kappa shape index (κ2) is 5.43. The van der Waals surface area contributed by atoms with Crippen LogP contribution in [-0.4, -0.2) is 24.5 Å². The number of hydrogen-bond acceptors (Lipinski definition) is 4. The topological polar surface area (TPSA) is 55.6 Å². The van der Waals surface area contributed by atoms with Gasteiger partial charge in [-0.15, -0.1) is 0 Å². The zero-order valence-electron chi connectivity index (χ0n) is 12.7. The molecule has 1 atom stereocenters. The lowest BCUT2D eigenvalue weighted by Crippen LogP contribution is -2.24. The van der Waals surface area contributed by atoms with E-state index < -0.39 is 0 Å². The van der Waals surface area contributed by atoms with E-state index in [9.17, 15) is 4.79 Å². The Morgan fingerprint density at radius 1 is 1.22 bits per heavy atom. The fraction of sp³-hybridized carbons (Fsp3) is 0.222. The number of benzene rings is 2. The van der Waals surface area contributed by atoms with Crippen molar-refractivity contribution >= 4 is 22.7 Å². The minimum atomic E-state index is -0.0268. The maximum absolute atomic E-state index is 12.4. The third kappa shape index (κ3) is 2.44. The number of amides is 1. The zero-order valence-corrected chi connectivity index (χ0v) is 12.7. The van der Waals surface area contributed by atoms with Crippen molar-refractivity contribution in [3.05, 3.63) is 54.4 Å². The molecular formula is C18H16N2O3. The molecule has 0 aliphatic carbocycles. The van der Waals surface area contributed by atoms with Gasteiger partial charge in [-0.1, -0.05) is 18.2 Å². The maximum Gasteiger partial charge on any atom is 0.227 e. The summed E-state index contributed by atoms with van der Waals surface area (Å²) in [5, 5.41) is 0. The van der Waals surface area contributed by atoms with Crippen molar-refractivity contribution in [3.8, 4) is 5.75 Å². The minimum Gasteiger partial charge on any atom is -0.497 e. The Balaban J connectivity index is 1.62. The van der Waals surface area contributed by atoms with Gasteiger partial charge >= 0.3 is 0 Å². The fourth-order valence-corrected chi connectivity index (χ4v) is 2.97. The molecule has 5 nitrogen and oxygen atoms in total. The Labute approximate surface area is 133 Å². The van der Waals surface area contributed by atoms with Gasteiger partial charge in [0.05, 0.1) is 13.0 Å². The number of para-hydroxylation sites is 2. The molecule has 1 aliphatic rings. The monoisotopic (exact) mass is 308 g/mol. The highest BCUT2D eigenvalue weighted by molar-refractivity contribution is 5.96. The van der Waals surface area contributed by atoms with Crippen LogP contribution in [0.5, 0.6) is 5.75 Å². The normalized spacial score (nSPS) is 17.9. The number of aromatic nitrogens is 1. The van der Waals surface area contributed by atoms with E-state index in [0.717, 1.165) is 22.5 Å². The van der Waals surface area contributed by atoms with Gasteiger partial charge in [-0.2, -0.15) is 0 Å². The summed E-state index contributed by atoms with van der Waals surface area (Å²) in [6, 6.07) is 15.2. The lowest BCUT2D eigenvalue weighted by Gasteiger charge is -2.16. The SMILES string of the molecule is COc1cccc(N2C[C@@H](c3nc4ccccc4o3)CC2=O)c1. The van der Waals surface area contributed by atoms with Gasteiger partial charge < -0.3 is 14.1 Å². The van der Waals surface area contributed by atoms with E-state index in [-0.39, 0.29) is 11.8 Å². The van der Waals surface area contributed by atoms with Crippen molar-refractivity contribution < 1.29 is 13.9 Å². The standard InChI is InChI=1S/C18H16N2O3/c1-22-14-6-4-5-13(10-14)20-11-12(9-17(20)21)18-19-15-7-2-3-8-16(15)23-18/h2-8,10,12H,9,11H2,1H3/t12-/m0/s1. The summed E-state index contributed by atoms with van der Waals surface area (Å²) < 4.78 is 11.0. The van der Waals surface area contributed by atoms with E-state index in [0.29, 0.717) is 18.9 Å². The van der Waals surface area contributed by atoms with Crippen LogP contribution in [0.1, 0.15) is 18.2 Å². The first kappa shape index (κ1) is 13.8. The Morgan fingerprint density at radius 3 is 2.91 bits per heavy atom. The number of fused-ring (bicyclic) bond motifs is 1. The van der Waals surface area contributed by atoms with Crippen LogP contribution < -0.4 is 9.64 Å². The van der Waals surface area contributed by atoms with Crippen molar-refractivity contribution in [2.24, 2.45) is 0 Å². The molecule has 1 aliphatic heterocycles. The van der Waals surface area contributed by atoms with E-state index in [1.807, 2.05) is 48.5 Å². The van der Waals surface area contributed by atoms with Gasteiger partial charge in [0.25, 0.3) is 0 Å². The highest BCUT2D eigenvalue weighted by Crippen LogP contribution is 2.33. The second-order valence-corrected chi connectivity index (χ2v) is 5.63. The van der Waals surface area contributed by atoms with E-state index in [2.05, 4.69) is 4.98 Å². The predicted octanol–water partition coefficient (Wildman–Crippen LogP) is 3.36. The van der Waals surface area contributed by atoms with Gasteiger partial charge in [-0.25, -0.2) is 4.98 Å². The van der Waals surface area contributed by atoms with E-state index in [1.54, 1.807) is 12.0 Å². The average Bonchev–Trinajstić information content (AvgIpc) is 3.18. The third-order valence-electron chi connectivity index (χ3n) is 4.15. The number of methoxy groups -OCH3 is 1. The number of carbonyl (C=O) groups excluding carboxylic acids is 1. The Bertz CT molecular complexity index is 838. The molecule has 1 fully saturated rings. The lowest BCUT2D eigenvalue weighted by molar-refractivity contribution is -0.117. The van der Waals surface area contributed by atoms with Crippen LogP contribution in [0.15, 0.2) is 52.9 Å². The molecule has 2 aromatic carbocycles. The molecular weight excluding hydrogens is 292 g/mol. The molecule has 0 radical (unpaired) electrons. The molecule has 116 valence electrons. The van der Waals surface area contributed by atoms with Gasteiger partial charge in [0.2, 0.25) is 11.8 Å². The molecule has 0 unspecified atom stereocenters. The van der Waals surface area contributed by atoms with Gasteiger partial charge in [-0.3, -0.25) is 4.79 Å². The molecule has 3 aromatic rings.